The van der Waals surface area contributed by atoms with Gasteiger partial charge in [0.25, 0.3) is 0 Å². The fourth-order valence-electron chi connectivity index (χ4n) is 3.76. The third-order valence-electron chi connectivity index (χ3n) is 4.76. The SMILES string of the molecule is Cc1nc(CSc2nnc(N3CC(C)CC(C)C3)n2Cc2ccco2)cs1. The molecule has 0 N–H and O–H groups in total. The molecule has 3 aromatic heterocycles. The van der Waals surface area contributed by atoms with Crippen molar-refractivity contribution in [1.29, 1.82) is 0 Å². The zero-order valence-electron chi connectivity index (χ0n) is 16.0. The molecule has 6 nitrogen and oxygen atoms in total. The molecule has 3 aromatic rings. The molecule has 8 heteroatoms. The first kappa shape index (κ1) is 18.6. The lowest BCUT2D eigenvalue weighted by molar-refractivity contribution is 0.350. The number of nitrogens with zero attached hydrogens (tertiary/aromatic N) is 5. The number of furan rings is 1. The monoisotopic (exact) mass is 403 g/mol. The fraction of sp³-hybridized carbons (Fsp3) is 0.526. The van der Waals surface area contributed by atoms with Gasteiger partial charge in [0.15, 0.2) is 5.16 Å². The van der Waals surface area contributed by atoms with Gasteiger partial charge in [0, 0.05) is 24.2 Å². The van der Waals surface area contributed by atoms with Gasteiger partial charge in [-0.25, -0.2) is 4.98 Å². The Morgan fingerprint density at radius 1 is 1.26 bits per heavy atom. The van der Waals surface area contributed by atoms with Crippen LogP contribution in [0.1, 0.15) is 36.7 Å². The van der Waals surface area contributed by atoms with Crippen LogP contribution in [0.25, 0.3) is 0 Å². The van der Waals surface area contributed by atoms with E-state index in [1.165, 1.54) is 6.42 Å². The first-order valence-corrected chi connectivity index (χ1v) is 11.2. The second kappa shape index (κ2) is 8.06. The van der Waals surface area contributed by atoms with Crippen LogP contribution in [0.3, 0.4) is 0 Å². The van der Waals surface area contributed by atoms with Crippen LogP contribution >= 0.6 is 23.1 Å². The first-order valence-electron chi connectivity index (χ1n) is 9.33. The van der Waals surface area contributed by atoms with Crippen molar-refractivity contribution in [2.45, 2.75) is 44.6 Å². The molecule has 1 aliphatic heterocycles. The molecule has 0 saturated carbocycles. The molecule has 1 aliphatic rings. The quantitative estimate of drug-likeness (QED) is 0.566. The molecule has 0 bridgehead atoms. The van der Waals surface area contributed by atoms with E-state index in [1.807, 2.05) is 19.1 Å². The van der Waals surface area contributed by atoms with Crippen LogP contribution in [0.4, 0.5) is 5.95 Å². The van der Waals surface area contributed by atoms with E-state index in [0.717, 1.165) is 46.4 Å². The minimum atomic E-state index is 0.646. The highest BCUT2D eigenvalue weighted by atomic mass is 32.2. The number of piperidine rings is 1. The van der Waals surface area contributed by atoms with E-state index in [4.69, 9.17) is 4.42 Å². The molecule has 1 fully saturated rings. The summed E-state index contributed by atoms with van der Waals surface area (Å²) in [4.78, 5) is 6.94. The number of aromatic nitrogens is 4. The Balaban J connectivity index is 1.59. The maximum Gasteiger partial charge on any atom is 0.228 e. The highest BCUT2D eigenvalue weighted by Gasteiger charge is 2.27. The van der Waals surface area contributed by atoms with E-state index in [-0.39, 0.29) is 0 Å². The summed E-state index contributed by atoms with van der Waals surface area (Å²) in [6, 6.07) is 3.93. The number of rotatable bonds is 6. The fourth-order valence-corrected chi connectivity index (χ4v) is 5.30. The summed E-state index contributed by atoms with van der Waals surface area (Å²) in [7, 11) is 0. The lowest BCUT2D eigenvalue weighted by Crippen LogP contribution is -2.40. The Hall–Kier alpha value is -1.80. The summed E-state index contributed by atoms with van der Waals surface area (Å²) < 4.78 is 7.79. The van der Waals surface area contributed by atoms with Crippen LogP contribution in [-0.2, 0) is 12.3 Å². The van der Waals surface area contributed by atoms with Crippen molar-refractivity contribution < 1.29 is 4.42 Å². The van der Waals surface area contributed by atoms with Gasteiger partial charge < -0.3 is 9.32 Å². The molecular weight excluding hydrogens is 378 g/mol. The molecule has 4 rings (SSSR count). The molecule has 2 unspecified atom stereocenters. The van der Waals surface area contributed by atoms with Gasteiger partial charge in [-0.05, 0) is 37.3 Å². The molecule has 0 aromatic carbocycles. The average Bonchev–Trinajstić information content (AvgIpc) is 3.34. The zero-order valence-corrected chi connectivity index (χ0v) is 17.6. The van der Waals surface area contributed by atoms with Crippen LogP contribution in [0.15, 0.2) is 33.3 Å². The number of hydrogen-bond acceptors (Lipinski definition) is 7. The topological polar surface area (TPSA) is 60.0 Å². The van der Waals surface area contributed by atoms with Gasteiger partial charge in [0.2, 0.25) is 5.95 Å². The summed E-state index contributed by atoms with van der Waals surface area (Å²) in [5.41, 5.74) is 1.09. The van der Waals surface area contributed by atoms with Crippen molar-refractivity contribution in [2.24, 2.45) is 11.8 Å². The van der Waals surface area contributed by atoms with E-state index in [0.29, 0.717) is 18.4 Å². The minimum Gasteiger partial charge on any atom is -0.467 e. The summed E-state index contributed by atoms with van der Waals surface area (Å²) in [6.07, 6.45) is 2.99. The van der Waals surface area contributed by atoms with Crippen molar-refractivity contribution in [1.82, 2.24) is 19.7 Å². The van der Waals surface area contributed by atoms with Gasteiger partial charge in [-0.2, -0.15) is 0 Å². The Morgan fingerprint density at radius 2 is 2.07 bits per heavy atom. The maximum absolute atomic E-state index is 5.60. The Kier molecular flexibility index (Phi) is 5.54. The van der Waals surface area contributed by atoms with Crippen molar-refractivity contribution in [2.75, 3.05) is 18.0 Å². The van der Waals surface area contributed by atoms with Gasteiger partial charge in [-0.15, -0.1) is 21.5 Å². The lowest BCUT2D eigenvalue weighted by Gasteiger charge is -2.35. The molecule has 144 valence electrons. The third-order valence-corrected chi connectivity index (χ3v) is 6.58. The van der Waals surface area contributed by atoms with Crippen LogP contribution < -0.4 is 4.90 Å². The van der Waals surface area contributed by atoms with E-state index in [9.17, 15) is 0 Å². The number of hydrogen-bond donors (Lipinski definition) is 0. The van der Waals surface area contributed by atoms with Crippen LogP contribution in [0, 0.1) is 18.8 Å². The molecule has 2 atom stereocenters. The van der Waals surface area contributed by atoms with Gasteiger partial charge in [-0.1, -0.05) is 25.6 Å². The largest absolute Gasteiger partial charge is 0.467 e. The number of anilines is 1. The number of thiazole rings is 1. The molecular formula is C19H25N5OS2. The van der Waals surface area contributed by atoms with E-state index >= 15 is 0 Å². The average molecular weight is 404 g/mol. The normalized spacial score (nSPS) is 20.3. The van der Waals surface area contributed by atoms with Crippen LogP contribution in [-0.4, -0.2) is 32.8 Å². The van der Waals surface area contributed by atoms with E-state index < -0.39 is 0 Å². The molecule has 0 radical (unpaired) electrons. The van der Waals surface area contributed by atoms with Crippen molar-refractivity contribution >= 4 is 29.0 Å². The summed E-state index contributed by atoms with van der Waals surface area (Å²) in [5, 5.41) is 13.2. The summed E-state index contributed by atoms with van der Waals surface area (Å²) in [6.45, 7) is 9.36. The molecule has 0 spiro atoms. The molecule has 4 heterocycles. The van der Waals surface area contributed by atoms with E-state index in [1.54, 1.807) is 29.4 Å². The van der Waals surface area contributed by atoms with E-state index in [2.05, 4.69) is 43.9 Å². The van der Waals surface area contributed by atoms with Gasteiger partial charge >= 0.3 is 0 Å². The number of thioether (sulfide) groups is 1. The van der Waals surface area contributed by atoms with Crippen molar-refractivity contribution in [3.05, 3.63) is 40.2 Å². The highest BCUT2D eigenvalue weighted by molar-refractivity contribution is 7.98. The summed E-state index contributed by atoms with van der Waals surface area (Å²) in [5.74, 6) is 3.99. The smallest absolute Gasteiger partial charge is 0.228 e. The highest BCUT2D eigenvalue weighted by Crippen LogP contribution is 2.30. The Labute approximate surface area is 168 Å². The first-order chi connectivity index (χ1) is 13.1. The van der Waals surface area contributed by atoms with Crippen molar-refractivity contribution in [3.63, 3.8) is 0 Å². The molecule has 1 saturated heterocycles. The van der Waals surface area contributed by atoms with Crippen LogP contribution in [0.5, 0.6) is 0 Å². The lowest BCUT2D eigenvalue weighted by atomic mass is 9.92. The predicted octanol–water partition coefficient (Wildman–Crippen LogP) is 4.46. The second-order valence-corrected chi connectivity index (χ2v) is 9.45. The second-order valence-electron chi connectivity index (χ2n) is 7.45. The van der Waals surface area contributed by atoms with Gasteiger partial charge in [0.05, 0.1) is 23.5 Å². The maximum atomic E-state index is 5.60. The Morgan fingerprint density at radius 3 is 2.74 bits per heavy atom. The predicted molar refractivity (Wildman–Crippen MR) is 109 cm³/mol. The number of aryl methyl sites for hydroxylation is 1. The minimum absolute atomic E-state index is 0.646. The zero-order chi connectivity index (χ0) is 18.8. The molecule has 0 aliphatic carbocycles. The molecule has 27 heavy (non-hydrogen) atoms. The summed E-state index contributed by atoms with van der Waals surface area (Å²) >= 11 is 3.37. The third kappa shape index (κ3) is 4.38. The Bertz CT molecular complexity index is 863. The molecule has 0 amide bonds. The standard InChI is InChI=1S/C19H25N5OS2/c1-13-7-14(2)9-23(8-13)18-21-22-19(24(18)10-17-5-4-6-25-17)27-12-16-11-26-15(3)20-16/h4-6,11,13-14H,7-10,12H2,1-3H3. The van der Waals surface area contributed by atoms with Gasteiger partial charge in [0.1, 0.15) is 5.76 Å². The van der Waals surface area contributed by atoms with Crippen LogP contribution in [0.2, 0.25) is 0 Å². The van der Waals surface area contributed by atoms with Crippen molar-refractivity contribution in [3.8, 4) is 0 Å². The van der Waals surface area contributed by atoms with Gasteiger partial charge in [-0.3, -0.25) is 4.57 Å².